The third kappa shape index (κ3) is 1.76. The third-order valence-electron chi connectivity index (χ3n) is 2.69. The number of nitrogens with zero attached hydrogens (tertiary/aromatic N) is 2. The molecule has 3 heteroatoms. The summed E-state index contributed by atoms with van der Waals surface area (Å²) in [5, 5.41) is 4.24. The van der Waals surface area contributed by atoms with Crippen molar-refractivity contribution in [1.29, 1.82) is 0 Å². The fourth-order valence-corrected chi connectivity index (χ4v) is 1.80. The lowest BCUT2D eigenvalue weighted by Gasteiger charge is -2.08. The van der Waals surface area contributed by atoms with Crippen LogP contribution in [0.3, 0.4) is 0 Å². The molecule has 1 heterocycles. The highest BCUT2D eigenvalue weighted by Gasteiger charge is 2.07. The molecule has 0 aliphatic carbocycles. The van der Waals surface area contributed by atoms with Crippen LogP contribution in [0.2, 0.25) is 0 Å². The van der Waals surface area contributed by atoms with Crippen LogP contribution >= 0.6 is 0 Å². The standard InChI is InChI=1S/C13H14N2O/c1-3-15-13(6-7-14-15)12-8-11(9-16)5-4-10(12)2/h4-9H,3H2,1-2H3. The molecule has 0 bridgehead atoms. The van der Waals surface area contributed by atoms with Crippen LogP contribution in [0, 0.1) is 6.92 Å². The molecule has 0 atom stereocenters. The van der Waals surface area contributed by atoms with E-state index < -0.39 is 0 Å². The minimum absolute atomic E-state index is 0.699. The summed E-state index contributed by atoms with van der Waals surface area (Å²) in [6.07, 6.45) is 2.65. The van der Waals surface area contributed by atoms with Gasteiger partial charge in [0.25, 0.3) is 0 Å². The molecule has 0 spiro atoms. The summed E-state index contributed by atoms with van der Waals surface area (Å²) >= 11 is 0. The predicted molar refractivity (Wildman–Crippen MR) is 63.5 cm³/mol. The first-order valence-corrected chi connectivity index (χ1v) is 5.34. The summed E-state index contributed by atoms with van der Waals surface area (Å²) < 4.78 is 1.93. The molecule has 16 heavy (non-hydrogen) atoms. The Hall–Kier alpha value is -1.90. The second kappa shape index (κ2) is 4.31. The van der Waals surface area contributed by atoms with Gasteiger partial charge in [-0.05, 0) is 31.5 Å². The van der Waals surface area contributed by atoms with Gasteiger partial charge in [-0.1, -0.05) is 12.1 Å². The maximum Gasteiger partial charge on any atom is 0.150 e. The number of rotatable bonds is 3. The van der Waals surface area contributed by atoms with Crippen LogP contribution in [0.1, 0.15) is 22.8 Å². The lowest BCUT2D eigenvalue weighted by molar-refractivity contribution is 0.112. The van der Waals surface area contributed by atoms with Gasteiger partial charge in [-0.3, -0.25) is 9.48 Å². The number of aldehydes is 1. The number of carbonyl (C=O) groups excluding carboxylic acids is 1. The lowest BCUT2D eigenvalue weighted by Crippen LogP contribution is -2.00. The van der Waals surface area contributed by atoms with Crippen LogP contribution in [-0.4, -0.2) is 16.1 Å². The number of aryl methyl sites for hydroxylation is 2. The number of carbonyl (C=O) groups is 1. The molecule has 1 aromatic heterocycles. The second-order valence-corrected chi connectivity index (χ2v) is 3.72. The van der Waals surface area contributed by atoms with Crippen LogP contribution in [0.15, 0.2) is 30.5 Å². The van der Waals surface area contributed by atoms with Gasteiger partial charge in [0, 0.05) is 23.9 Å². The van der Waals surface area contributed by atoms with E-state index in [0.29, 0.717) is 5.56 Å². The molecular formula is C13H14N2O. The molecule has 2 aromatic rings. The monoisotopic (exact) mass is 214 g/mol. The zero-order chi connectivity index (χ0) is 11.5. The van der Waals surface area contributed by atoms with Gasteiger partial charge in [-0.25, -0.2) is 0 Å². The zero-order valence-corrected chi connectivity index (χ0v) is 9.47. The van der Waals surface area contributed by atoms with Gasteiger partial charge >= 0.3 is 0 Å². The van der Waals surface area contributed by atoms with Gasteiger partial charge in [-0.2, -0.15) is 5.10 Å². The number of hydrogen-bond acceptors (Lipinski definition) is 2. The molecule has 0 N–H and O–H groups in total. The van der Waals surface area contributed by atoms with Crippen molar-refractivity contribution in [2.45, 2.75) is 20.4 Å². The van der Waals surface area contributed by atoms with Crippen molar-refractivity contribution in [1.82, 2.24) is 9.78 Å². The van der Waals surface area contributed by atoms with E-state index in [2.05, 4.69) is 12.0 Å². The van der Waals surface area contributed by atoms with E-state index in [0.717, 1.165) is 29.7 Å². The Labute approximate surface area is 94.7 Å². The van der Waals surface area contributed by atoms with Crippen molar-refractivity contribution in [3.05, 3.63) is 41.6 Å². The lowest BCUT2D eigenvalue weighted by atomic mass is 10.0. The Morgan fingerprint density at radius 3 is 2.88 bits per heavy atom. The smallest absolute Gasteiger partial charge is 0.150 e. The largest absolute Gasteiger partial charge is 0.298 e. The molecule has 0 aliphatic heterocycles. The van der Waals surface area contributed by atoms with Crippen molar-refractivity contribution in [3.8, 4) is 11.3 Å². The summed E-state index contributed by atoms with van der Waals surface area (Å²) in [4.78, 5) is 10.8. The van der Waals surface area contributed by atoms with Crippen LogP contribution in [0.5, 0.6) is 0 Å². The highest BCUT2D eigenvalue weighted by molar-refractivity contribution is 5.79. The molecule has 0 amide bonds. The molecule has 0 aliphatic rings. The van der Waals surface area contributed by atoms with E-state index >= 15 is 0 Å². The highest BCUT2D eigenvalue weighted by Crippen LogP contribution is 2.23. The Morgan fingerprint density at radius 1 is 1.38 bits per heavy atom. The van der Waals surface area contributed by atoms with Crippen LogP contribution < -0.4 is 0 Å². The SMILES string of the molecule is CCn1nccc1-c1cc(C=O)ccc1C. The zero-order valence-electron chi connectivity index (χ0n) is 9.47. The van der Waals surface area contributed by atoms with E-state index in [1.165, 1.54) is 0 Å². The van der Waals surface area contributed by atoms with Gasteiger partial charge < -0.3 is 0 Å². The average molecular weight is 214 g/mol. The van der Waals surface area contributed by atoms with E-state index in [1.54, 1.807) is 6.20 Å². The quantitative estimate of drug-likeness (QED) is 0.736. The number of aromatic nitrogens is 2. The van der Waals surface area contributed by atoms with E-state index in [9.17, 15) is 4.79 Å². The maximum absolute atomic E-state index is 10.8. The van der Waals surface area contributed by atoms with E-state index in [1.807, 2.05) is 35.9 Å². The Kier molecular flexibility index (Phi) is 2.86. The molecule has 2 rings (SSSR count). The maximum atomic E-state index is 10.8. The average Bonchev–Trinajstić information content (AvgIpc) is 2.77. The third-order valence-corrected chi connectivity index (χ3v) is 2.69. The van der Waals surface area contributed by atoms with Gasteiger partial charge in [0.05, 0.1) is 5.69 Å². The molecule has 0 saturated carbocycles. The van der Waals surface area contributed by atoms with Crippen molar-refractivity contribution >= 4 is 6.29 Å². The van der Waals surface area contributed by atoms with Gasteiger partial charge in [0.15, 0.2) is 0 Å². The number of benzene rings is 1. The molecule has 0 saturated heterocycles. The molecule has 0 radical (unpaired) electrons. The van der Waals surface area contributed by atoms with Crippen LogP contribution in [0.25, 0.3) is 11.3 Å². The summed E-state index contributed by atoms with van der Waals surface area (Å²) in [5.41, 5.74) is 3.98. The van der Waals surface area contributed by atoms with Crippen molar-refractivity contribution < 1.29 is 4.79 Å². The molecular weight excluding hydrogens is 200 g/mol. The van der Waals surface area contributed by atoms with Crippen LogP contribution in [-0.2, 0) is 6.54 Å². The van der Waals surface area contributed by atoms with Gasteiger partial charge in [-0.15, -0.1) is 0 Å². The summed E-state index contributed by atoms with van der Waals surface area (Å²) in [5.74, 6) is 0. The van der Waals surface area contributed by atoms with Gasteiger partial charge in [0.1, 0.15) is 6.29 Å². The molecule has 0 fully saturated rings. The Bertz CT molecular complexity index is 514. The Balaban J connectivity index is 2.58. The molecule has 0 unspecified atom stereocenters. The second-order valence-electron chi connectivity index (χ2n) is 3.72. The molecule has 82 valence electrons. The van der Waals surface area contributed by atoms with Crippen molar-refractivity contribution in [3.63, 3.8) is 0 Å². The van der Waals surface area contributed by atoms with E-state index in [-0.39, 0.29) is 0 Å². The first kappa shape index (κ1) is 10.6. The summed E-state index contributed by atoms with van der Waals surface area (Å²) in [6.45, 7) is 4.92. The Morgan fingerprint density at radius 2 is 2.19 bits per heavy atom. The van der Waals surface area contributed by atoms with Crippen LogP contribution in [0.4, 0.5) is 0 Å². The molecule has 3 nitrogen and oxygen atoms in total. The fourth-order valence-electron chi connectivity index (χ4n) is 1.80. The minimum atomic E-state index is 0.699. The predicted octanol–water partition coefficient (Wildman–Crippen LogP) is 2.69. The first-order chi connectivity index (χ1) is 7.76. The number of hydrogen-bond donors (Lipinski definition) is 0. The minimum Gasteiger partial charge on any atom is -0.298 e. The van der Waals surface area contributed by atoms with Gasteiger partial charge in [0.2, 0.25) is 0 Å². The normalized spacial score (nSPS) is 10.4. The topological polar surface area (TPSA) is 34.9 Å². The highest BCUT2D eigenvalue weighted by atomic mass is 16.1. The first-order valence-electron chi connectivity index (χ1n) is 5.34. The van der Waals surface area contributed by atoms with Crippen molar-refractivity contribution in [2.75, 3.05) is 0 Å². The van der Waals surface area contributed by atoms with Crippen molar-refractivity contribution in [2.24, 2.45) is 0 Å². The van der Waals surface area contributed by atoms with E-state index in [4.69, 9.17) is 0 Å². The summed E-state index contributed by atoms with van der Waals surface area (Å²) in [7, 11) is 0. The molecule has 1 aromatic carbocycles. The summed E-state index contributed by atoms with van der Waals surface area (Å²) in [6, 6.07) is 7.68. The fraction of sp³-hybridized carbons (Fsp3) is 0.231.